The first-order valence-corrected chi connectivity index (χ1v) is 15.8. The molecule has 0 aromatic carbocycles. The average Bonchev–Trinajstić information content (AvgIpc) is 3.37. The van der Waals surface area contributed by atoms with Crippen molar-refractivity contribution in [2.45, 2.75) is 96.8 Å². The van der Waals surface area contributed by atoms with Crippen LogP contribution in [-0.2, 0) is 23.8 Å². The minimum Gasteiger partial charge on any atom is -0.478 e. The molecule has 0 aromatic heterocycles. The molecule has 2 heterocycles. The third-order valence-electron chi connectivity index (χ3n) is 8.78. The topological polar surface area (TPSA) is 155 Å². The lowest BCUT2D eigenvalue weighted by Crippen LogP contribution is -2.60. The Morgan fingerprint density at radius 1 is 1.04 bits per heavy atom. The predicted molar refractivity (Wildman–Crippen MR) is 178 cm³/mol. The first-order valence-electron chi connectivity index (χ1n) is 15.8. The molecule has 10 heteroatoms. The van der Waals surface area contributed by atoms with Crippen LogP contribution in [0.5, 0.6) is 0 Å². The van der Waals surface area contributed by atoms with Gasteiger partial charge in [0.2, 0.25) is 5.91 Å². The summed E-state index contributed by atoms with van der Waals surface area (Å²) in [4.78, 5) is 23.5. The third kappa shape index (κ3) is 11.0. The van der Waals surface area contributed by atoms with Gasteiger partial charge >= 0.3 is 5.97 Å². The van der Waals surface area contributed by atoms with Gasteiger partial charge in [0.1, 0.15) is 6.10 Å². The number of allylic oxidation sites excluding steroid dienone is 9. The predicted octanol–water partition coefficient (Wildman–Crippen LogP) is 4.16. The van der Waals surface area contributed by atoms with Crippen LogP contribution in [0.25, 0.3) is 0 Å². The Kier molecular flexibility index (Phi) is 15.5. The molecule has 2 saturated heterocycles. The van der Waals surface area contributed by atoms with Crippen LogP contribution < -0.4 is 5.32 Å². The highest BCUT2D eigenvalue weighted by Crippen LogP contribution is 2.43. The van der Waals surface area contributed by atoms with E-state index in [0.717, 1.165) is 11.6 Å². The number of aliphatic carboxylic acids is 1. The van der Waals surface area contributed by atoms with E-state index in [2.05, 4.69) is 5.32 Å². The number of hydrogen-bond donors (Lipinski definition) is 5. The summed E-state index contributed by atoms with van der Waals surface area (Å²) in [6, 6.07) is 0. The number of carboxylic acids is 1. The van der Waals surface area contributed by atoms with E-state index >= 15 is 0 Å². The van der Waals surface area contributed by atoms with Gasteiger partial charge < -0.3 is 40.0 Å². The normalized spacial score (nSPS) is 31.2. The highest BCUT2D eigenvalue weighted by Gasteiger charge is 2.53. The van der Waals surface area contributed by atoms with Crippen LogP contribution in [0.2, 0.25) is 0 Å². The van der Waals surface area contributed by atoms with E-state index in [9.17, 15) is 24.9 Å². The van der Waals surface area contributed by atoms with Gasteiger partial charge in [0.25, 0.3) is 0 Å². The SMILES string of the molecule is C/C=C/C=C/[C@@H]1O[C@](O)(C(C)C(=O)NC/C=C/C=C(/C)[C@@H](OC)[C@@H](C)[C@H]2C[C@@H](O)[C@@H](/C=C/C=C/C=C/C(=O)O)O2)C[C@H](O)C1(C)C. The fraction of sp³-hybridized carbons (Fsp3) is 0.556. The largest absolute Gasteiger partial charge is 0.478 e. The lowest BCUT2D eigenvalue weighted by molar-refractivity contribution is -0.312. The molecule has 0 radical (unpaired) electrons. The molecular formula is C36H53NO9. The molecule has 256 valence electrons. The zero-order valence-electron chi connectivity index (χ0n) is 28.1. The second kappa shape index (κ2) is 18.3. The molecule has 2 aliphatic heterocycles. The van der Waals surface area contributed by atoms with Gasteiger partial charge in [-0.25, -0.2) is 4.79 Å². The average molecular weight is 644 g/mol. The molecule has 5 N–H and O–H groups in total. The van der Waals surface area contributed by atoms with E-state index in [0.29, 0.717) is 6.42 Å². The van der Waals surface area contributed by atoms with Crippen molar-refractivity contribution in [3.63, 3.8) is 0 Å². The second-order valence-corrected chi connectivity index (χ2v) is 12.6. The fourth-order valence-electron chi connectivity index (χ4n) is 5.57. The summed E-state index contributed by atoms with van der Waals surface area (Å²) in [6.07, 6.45) is 19.2. The summed E-state index contributed by atoms with van der Waals surface area (Å²) in [7, 11) is 1.62. The Bertz CT molecular complexity index is 1210. The smallest absolute Gasteiger partial charge is 0.328 e. The van der Waals surface area contributed by atoms with E-state index in [1.807, 2.05) is 58.9 Å². The molecule has 10 nitrogen and oxygen atoms in total. The second-order valence-electron chi connectivity index (χ2n) is 12.6. The molecule has 1 unspecified atom stereocenters. The number of nitrogens with one attached hydrogen (secondary N) is 1. The summed E-state index contributed by atoms with van der Waals surface area (Å²) in [5, 5.41) is 44.0. The maximum Gasteiger partial charge on any atom is 0.328 e. The number of ether oxygens (including phenoxy) is 3. The van der Waals surface area contributed by atoms with Crippen LogP contribution in [0, 0.1) is 17.3 Å². The first kappa shape index (κ1) is 39.1. The van der Waals surface area contributed by atoms with Crippen LogP contribution >= 0.6 is 0 Å². The van der Waals surface area contributed by atoms with Crippen LogP contribution in [0.4, 0.5) is 0 Å². The van der Waals surface area contributed by atoms with Gasteiger partial charge in [-0.3, -0.25) is 4.79 Å². The number of carboxylic acid groups (broad SMARTS) is 1. The summed E-state index contributed by atoms with van der Waals surface area (Å²) in [5.41, 5.74) is 0.295. The monoisotopic (exact) mass is 643 g/mol. The summed E-state index contributed by atoms with van der Waals surface area (Å²) in [5.74, 6) is -4.24. The molecular weight excluding hydrogens is 590 g/mol. The van der Waals surface area contributed by atoms with Gasteiger partial charge in [-0.15, -0.1) is 0 Å². The minimum absolute atomic E-state index is 0.0643. The van der Waals surface area contributed by atoms with E-state index in [1.165, 1.54) is 6.08 Å². The van der Waals surface area contributed by atoms with Gasteiger partial charge in [0.15, 0.2) is 5.79 Å². The minimum atomic E-state index is -1.83. The summed E-state index contributed by atoms with van der Waals surface area (Å²) >= 11 is 0. The highest BCUT2D eigenvalue weighted by molar-refractivity contribution is 5.80. The molecule has 2 fully saturated rings. The van der Waals surface area contributed by atoms with Crippen molar-refractivity contribution < 1.29 is 44.2 Å². The quantitative estimate of drug-likeness (QED) is 0.131. The van der Waals surface area contributed by atoms with E-state index in [4.69, 9.17) is 19.3 Å². The van der Waals surface area contributed by atoms with Gasteiger partial charge in [-0.05, 0) is 26.3 Å². The van der Waals surface area contributed by atoms with Crippen LogP contribution in [-0.4, -0.2) is 88.4 Å². The van der Waals surface area contributed by atoms with Crippen LogP contribution in [0.15, 0.2) is 84.6 Å². The van der Waals surface area contributed by atoms with Crippen molar-refractivity contribution in [2.75, 3.05) is 13.7 Å². The number of carbonyl (C=O) groups excluding carboxylic acids is 1. The Labute approximate surface area is 273 Å². The molecule has 0 bridgehead atoms. The lowest BCUT2D eigenvalue weighted by atomic mass is 9.73. The molecule has 0 spiro atoms. The van der Waals surface area contributed by atoms with Crippen molar-refractivity contribution in [2.24, 2.45) is 17.3 Å². The van der Waals surface area contributed by atoms with Gasteiger partial charge in [0, 0.05) is 43.9 Å². The zero-order chi connectivity index (χ0) is 34.5. The number of aliphatic hydroxyl groups excluding tert-OH is 2. The van der Waals surface area contributed by atoms with Crippen molar-refractivity contribution in [3.8, 4) is 0 Å². The zero-order valence-corrected chi connectivity index (χ0v) is 28.1. The maximum absolute atomic E-state index is 13.0. The molecule has 46 heavy (non-hydrogen) atoms. The number of aliphatic hydroxyl groups is 3. The van der Waals surface area contributed by atoms with Crippen molar-refractivity contribution in [3.05, 3.63) is 84.6 Å². The Hall–Kier alpha value is -3.12. The molecule has 2 rings (SSSR count). The van der Waals surface area contributed by atoms with Gasteiger partial charge in [-0.2, -0.15) is 0 Å². The number of rotatable bonds is 15. The molecule has 1 amide bonds. The lowest BCUT2D eigenvalue weighted by Gasteiger charge is -2.50. The van der Waals surface area contributed by atoms with Gasteiger partial charge in [-0.1, -0.05) is 93.7 Å². The molecule has 0 aliphatic carbocycles. The number of amides is 1. The van der Waals surface area contributed by atoms with Crippen LogP contribution in [0.3, 0.4) is 0 Å². The Morgan fingerprint density at radius 3 is 2.37 bits per heavy atom. The van der Waals surface area contributed by atoms with E-state index in [1.54, 1.807) is 56.6 Å². The summed E-state index contributed by atoms with van der Waals surface area (Å²) in [6.45, 7) is 11.4. The van der Waals surface area contributed by atoms with E-state index in [-0.39, 0.29) is 31.1 Å². The molecule has 2 aliphatic rings. The number of carbonyl (C=O) groups is 2. The van der Waals surface area contributed by atoms with E-state index < -0.39 is 53.4 Å². The fourth-order valence-corrected chi connectivity index (χ4v) is 5.57. The maximum atomic E-state index is 13.0. The number of methoxy groups -OCH3 is 1. The molecule has 0 aromatic rings. The summed E-state index contributed by atoms with van der Waals surface area (Å²) < 4.78 is 17.9. The van der Waals surface area contributed by atoms with Crippen molar-refractivity contribution in [1.82, 2.24) is 5.32 Å². The standard InChI is InChI=1S/C36H53NO9/c1-8-9-12-19-31-35(5,6)30(39)23-36(43,46-31)26(4)34(42)37-21-16-15-17-24(2)33(44-7)25(3)29-22-27(38)28(45-29)18-13-10-11-14-20-32(40)41/h8-20,25-31,33,38-39,43H,21-23H2,1-7H3,(H,37,42)(H,40,41)/b9-8+,11-10+,16-15+,18-13+,19-12+,20-14+,24-17-/t25-,26?,27+,28+,29+,30-,31-,33+,36-/m0/s1. The Balaban J connectivity index is 1.93. The van der Waals surface area contributed by atoms with Crippen molar-refractivity contribution in [1.29, 1.82) is 0 Å². The molecule has 0 saturated carbocycles. The first-order chi connectivity index (χ1) is 21.7. The Morgan fingerprint density at radius 2 is 1.72 bits per heavy atom. The van der Waals surface area contributed by atoms with Crippen LogP contribution in [0.1, 0.15) is 54.4 Å². The van der Waals surface area contributed by atoms with Crippen molar-refractivity contribution >= 4 is 11.9 Å². The van der Waals surface area contributed by atoms with Gasteiger partial charge in [0.05, 0.1) is 36.4 Å². The highest BCUT2D eigenvalue weighted by atomic mass is 16.6. The molecule has 9 atom stereocenters. The number of hydrogen-bond acceptors (Lipinski definition) is 8. The third-order valence-corrected chi connectivity index (χ3v) is 8.78.